The molecule has 1 fully saturated rings. The number of aryl methyl sites for hydroxylation is 1. The van der Waals surface area contributed by atoms with E-state index in [0.29, 0.717) is 43.3 Å². The summed E-state index contributed by atoms with van der Waals surface area (Å²) in [7, 11) is 1.97. The van der Waals surface area contributed by atoms with Gasteiger partial charge in [-0.1, -0.05) is 29.8 Å². The first-order valence-electron chi connectivity index (χ1n) is 12.4. The summed E-state index contributed by atoms with van der Waals surface area (Å²) in [5.41, 5.74) is 2.27. The molecule has 8 nitrogen and oxygen atoms in total. The van der Waals surface area contributed by atoms with E-state index in [1.165, 1.54) is 0 Å². The first-order valence-corrected chi connectivity index (χ1v) is 13.7. The van der Waals surface area contributed by atoms with E-state index in [1.807, 2.05) is 47.5 Å². The molecule has 0 unspecified atom stereocenters. The highest BCUT2D eigenvalue weighted by molar-refractivity contribution is 7.12. The van der Waals surface area contributed by atoms with Crippen molar-refractivity contribution in [3.8, 4) is 0 Å². The van der Waals surface area contributed by atoms with Crippen molar-refractivity contribution >= 4 is 40.5 Å². The lowest BCUT2D eigenvalue weighted by Crippen LogP contribution is -2.46. The van der Waals surface area contributed by atoms with E-state index in [1.54, 1.807) is 45.5 Å². The van der Waals surface area contributed by atoms with Gasteiger partial charge in [0.05, 0.1) is 34.4 Å². The number of hydrogen-bond acceptors (Lipinski definition) is 6. The Hall–Kier alpha value is -2.98. The van der Waals surface area contributed by atoms with Crippen LogP contribution in [0.25, 0.3) is 0 Å². The number of hydrogen-bond donors (Lipinski definition) is 0. The molecular weight excluding hydrogens is 510 g/mol. The van der Waals surface area contributed by atoms with Gasteiger partial charge in [0.15, 0.2) is 0 Å². The van der Waals surface area contributed by atoms with Crippen molar-refractivity contribution in [1.29, 1.82) is 0 Å². The number of amides is 2. The molecule has 194 valence electrons. The third-order valence-corrected chi connectivity index (χ3v) is 8.05. The molecule has 0 bridgehead atoms. The molecule has 0 aliphatic carbocycles. The van der Waals surface area contributed by atoms with Gasteiger partial charge in [-0.25, -0.2) is 5.01 Å². The van der Waals surface area contributed by atoms with Crippen LogP contribution < -0.4 is 0 Å². The Labute approximate surface area is 225 Å². The van der Waals surface area contributed by atoms with Crippen molar-refractivity contribution in [3.63, 3.8) is 0 Å². The molecule has 5 rings (SSSR count). The van der Waals surface area contributed by atoms with Gasteiger partial charge in [-0.15, -0.1) is 11.3 Å². The van der Waals surface area contributed by atoms with Crippen molar-refractivity contribution in [3.05, 3.63) is 81.3 Å². The average Bonchev–Trinajstić information content (AvgIpc) is 3.67. The second kappa shape index (κ2) is 11.6. The highest BCUT2D eigenvalue weighted by Gasteiger charge is 2.36. The predicted octanol–water partition coefficient (Wildman–Crippen LogP) is 3.89. The Morgan fingerprint density at radius 1 is 1.14 bits per heavy atom. The number of benzene rings is 1. The van der Waals surface area contributed by atoms with Gasteiger partial charge in [0.2, 0.25) is 0 Å². The molecule has 0 saturated carbocycles. The van der Waals surface area contributed by atoms with Crippen molar-refractivity contribution < 1.29 is 14.3 Å². The second-order valence-corrected chi connectivity index (χ2v) is 10.5. The third-order valence-electron chi connectivity index (χ3n) is 6.80. The second-order valence-electron chi connectivity index (χ2n) is 9.19. The number of ether oxygens (including phenoxy) is 1. The van der Waals surface area contributed by atoms with Crippen LogP contribution in [-0.4, -0.2) is 82.8 Å². The average molecular weight is 540 g/mol. The smallest absolute Gasteiger partial charge is 0.262 e. The molecule has 2 aliphatic heterocycles. The molecule has 4 heterocycles. The van der Waals surface area contributed by atoms with Gasteiger partial charge in [0.25, 0.3) is 11.8 Å². The minimum absolute atomic E-state index is 0.0868. The minimum Gasteiger partial charge on any atom is -0.379 e. The van der Waals surface area contributed by atoms with Gasteiger partial charge in [-0.2, -0.15) is 5.10 Å². The molecule has 37 heavy (non-hydrogen) atoms. The van der Waals surface area contributed by atoms with E-state index in [2.05, 4.69) is 4.90 Å². The summed E-state index contributed by atoms with van der Waals surface area (Å²) in [5.74, 6) is -0.482. The van der Waals surface area contributed by atoms with E-state index < -0.39 is 0 Å². The Bertz CT molecular complexity index is 1270. The Morgan fingerprint density at radius 2 is 1.95 bits per heavy atom. The SMILES string of the molecule is Cn1cccc1[C@@H]1CC(c2cccs2)=NN1C(=O)CN(CCN1CCOCC1)C(=O)c1ccccc1Cl. The van der Waals surface area contributed by atoms with Crippen molar-refractivity contribution in [1.82, 2.24) is 19.4 Å². The zero-order valence-corrected chi connectivity index (χ0v) is 22.3. The number of aromatic nitrogens is 1. The van der Waals surface area contributed by atoms with E-state index in [9.17, 15) is 9.59 Å². The van der Waals surface area contributed by atoms with E-state index >= 15 is 0 Å². The van der Waals surface area contributed by atoms with Crippen molar-refractivity contribution in [2.24, 2.45) is 12.1 Å². The van der Waals surface area contributed by atoms with Crippen LogP contribution in [0.5, 0.6) is 0 Å². The summed E-state index contributed by atoms with van der Waals surface area (Å²) in [5, 5.41) is 8.71. The third kappa shape index (κ3) is 5.80. The topological polar surface area (TPSA) is 70.4 Å². The van der Waals surface area contributed by atoms with Crippen LogP contribution in [0.4, 0.5) is 0 Å². The quantitative estimate of drug-likeness (QED) is 0.435. The number of morpholine rings is 1. The summed E-state index contributed by atoms with van der Waals surface area (Å²) in [6, 6.07) is 14.7. The monoisotopic (exact) mass is 539 g/mol. The fourth-order valence-electron chi connectivity index (χ4n) is 4.76. The van der Waals surface area contributed by atoms with Crippen LogP contribution >= 0.6 is 22.9 Å². The minimum atomic E-state index is -0.260. The van der Waals surface area contributed by atoms with E-state index in [4.69, 9.17) is 21.4 Å². The Morgan fingerprint density at radius 3 is 2.65 bits per heavy atom. The first-order chi connectivity index (χ1) is 18.0. The van der Waals surface area contributed by atoms with Gasteiger partial charge in [-0.3, -0.25) is 14.5 Å². The molecule has 0 N–H and O–H groups in total. The maximum atomic E-state index is 13.8. The van der Waals surface area contributed by atoms with Crippen LogP contribution in [0, 0.1) is 0 Å². The number of rotatable bonds is 8. The number of thiophene rings is 1. The van der Waals surface area contributed by atoms with Gasteiger partial charge < -0.3 is 14.2 Å². The van der Waals surface area contributed by atoms with E-state index in [0.717, 1.165) is 29.4 Å². The van der Waals surface area contributed by atoms with Gasteiger partial charge in [0.1, 0.15) is 12.6 Å². The largest absolute Gasteiger partial charge is 0.379 e. The van der Waals surface area contributed by atoms with E-state index in [-0.39, 0.29) is 24.4 Å². The van der Waals surface area contributed by atoms with Crippen LogP contribution in [0.15, 0.2) is 65.2 Å². The number of hydrazone groups is 1. The molecule has 10 heteroatoms. The number of halogens is 1. The van der Waals surface area contributed by atoms with Crippen molar-refractivity contribution in [2.75, 3.05) is 45.9 Å². The summed E-state index contributed by atoms with van der Waals surface area (Å²) in [4.78, 5) is 32.3. The fourth-order valence-corrected chi connectivity index (χ4v) is 5.70. The zero-order valence-electron chi connectivity index (χ0n) is 20.8. The van der Waals surface area contributed by atoms with Gasteiger partial charge in [-0.05, 0) is 35.7 Å². The van der Waals surface area contributed by atoms with Crippen LogP contribution in [-0.2, 0) is 16.6 Å². The highest BCUT2D eigenvalue weighted by atomic mass is 35.5. The first kappa shape index (κ1) is 25.7. The molecule has 1 aromatic carbocycles. The van der Waals surface area contributed by atoms with Crippen LogP contribution in [0.2, 0.25) is 5.02 Å². The Balaban J connectivity index is 1.40. The number of carbonyl (C=O) groups excluding carboxylic acids is 2. The molecule has 3 aromatic rings. The Kier molecular flexibility index (Phi) is 8.05. The number of nitrogens with zero attached hydrogens (tertiary/aromatic N) is 5. The fraction of sp³-hybridized carbons (Fsp3) is 0.370. The molecule has 1 atom stereocenters. The molecular formula is C27H30ClN5O3S. The maximum absolute atomic E-state index is 13.8. The molecule has 2 aromatic heterocycles. The zero-order chi connectivity index (χ0) is 25.8. The summed E-state index contributed by atoms with van der Waals surface area (Å²) in [6.45, 7) is 3.91. The molecule has 2 amide bonds. The lowest BCUT2D eigenvalue weighted by molar-refractivity contribution is -0.133. The van der Waals surface area contributed by atoms with Crippen LogP contribution in [0.1, 0.15) is 33.4 Å². The molecule has 2 aliphatic rings. The normalized spacial score (nSPS) is 18.2. The standard InChI is InChI=1S/C27H30ClN5O3S/c1-30-10-4-8-23(30)24-18-22(25-9-5-17-37-25)29-33(24)26(34)19-32(12-11-31-13-15-36-16-14-31)27(35)20-6-2-3-7-21(20)28/h2-10,17,24H,11-16,18-19H2,1H3/t24-/m0/s1. The number of carbonyl (C=O) groups is 2. The highest BCUT2D eigenvalue weighted by Crippen LogP contribution is 2.34. The molecule has 0 spiro atoms. The maximum Gasteiger partial charge on any atom is 0.262 e. The summed E-state index contributed by atoms with van der Waals surface area (Å²) in [6.07, 6.45) is 2.59. The molecule has 1 saturated heterocycles. The summed E-state index contributed by atoms with van der Waals surface area (Å²) >= 11 is 7.98. The summed E-state index contributed by atoms with van der Waals surface area (Å²) < 4.78 is 7.47. The lowest BCUT2D eigenvalue weighted by Gasteiger charge is -2.31. The predicted molar refractivity (Wildman–Crippen MR) is 145 cm³/mol. The van der Waals surface area contributed by atoms with Crippen LogP contribution in [0.3, 0.4) is 0 Å². The van der Waals surface area contributed by atoms with Gasteiger partial charge in [0, 0.05) is 51.5 Å². The van der Waals surface area contributed by atoms with Gasteiger partial charge >= 0.3 is 0 Å². The lowest BCUT2D eigenvalue weighted by atomic mass is 10.1. The van der Waals surface area contributed by atoms with Crippen molar-refractivity contribution in [2.45, 2.75) is 12.5 Å². The molecule has 0 radical (unpaired) electrons.